The first-order chi connectivity index (χ1) is 13.5. The minimum atomic E-state index is -0.321. The van der Waals surface area contributed by atoms with E-state index in [9.17, 15) is 14.4 Å². The van der Waals surface area contributed by atoms with Crippen LogP contribution in [0.2, 0.25) is 0 Å². The number of para-hydroxylation sites is 1. The van der Waals surface area contributed by atoms with Crippen LogP contribution in [-0.2, 0) is 14.4 Å². The monoisotopic (exact) mass is 401 g/mol. The number of carbonyl (C=O) groups is 3. The van der Waals surface area contributed by atoms with E-state index in [1.807, 2.05) is 24.3 Å². The Labute approximate surface area is 168 Å². The van der Waals surface area contributed by atoms with Gasteiger partial charge in [0.15, 0.2) is 0 Å². The Morgan fingerprint density at radius 3 is 2.21 bits per heavy atom. The Bertz CT molecular complexity index is 824. The summed E-state index contributed by atoms with van der Waals surface area (Å²) in [5, 5.41) is 7.93. The lowest BCUT2D eigenvalue weighted by Crippen LogP contribution is -2.33. The van der Waals surface area contributed by atoms with Crippen molar-refractivity contribution < 1.29 is 19.1 Å². The van der Waals surface area contributed by atoms with Gasteiger partial charge < -0.3 is 20.7 Å². The smallest absolute Gasteiger partial charge is 0.243 e. The topological polar surface area (TPSA) is 96.5 Å². The van der Waals surface area contributed by atoms with Crippen molar-refractivity contribution in [3.05, 3.63) is 48.5 Å². The SMILES string of the molecule is COc1ccccc1SCCC(=O)NCC(=O)Nc1ccc(NC(C)=O)cc1. The number of anilines is 2. The highest BCUT2D eigenvalue weighted by molar-refractivity contribution is 7.99. The maximum absolute atomic E-state index is 11.9. The van der Waals surface area contributed by atoms with Gasteiger partial charge in [-0.05, 0) is 36.4 Å². The summed E-state index contributed by atoms with van der Waals surface area (Å²) in [5.74, 6) is 0.676. The molecule has 2 aromatic rings. The number of amides is 3. The van der Waals surface area contributed by atoms with Gasteiger partial charge in [0.2, 0.25) is 17.7 Å². The summed E-state index contributed by atoms with van der Waals surface area (Å²) in [6.07, 6.45) is 0.293. The van der Waals surface area contributed by atoms with Gasteiger partial charge >= 0.3 is 0 Å². The van der Waals surface area contributed by atoms with Crippen LogP contribution < -0.4 is 20.7 Å². The molecule has 0 unspecified atom stereocenters. The molecule has 7 nitrogen and oxygen atoms in total. The average molecular weight is 401 g/mol. The average Bonchev–Trinajstić information content (AvgIpc) is 2.68. The van der Waals surface area contributed by atoms with Crippen molar-refractivity contribution in [1.82, 2.24) is 5.32 Å². The Hall–Kier alpha value is -3.00. The van der Waals surface area contributed by atoms with Gasteiger partial charge in [0.1, 0.15) is 5.75 Å². The lowest BCUT2D eigenvalue weighted by molar-refractivity contribution is -0.123. The van der Waals surface area contributed by atoms with E-state index in [0.717, 1.165) is 10.6 Å². The highest BCUT2D eigenvalue weighted by Crippen LogP contribution is 2.28. The number of methoxy groups -OCH3 is 1. The molecule has 0 saturated heterocycles. The number of hydrogen-bond donors (Lipinski definition) is 3. The summed E-state index contributed by atoms with van der Waals surface area (Å²) >= 11 is 1.53. The van der Waals surface area contributed by atoms with E-state index in [-0.39, 0.29) is 24.3 Å². The fraction of sp³-hybridized carbons (Fsp3) is 0.250. The van der Waals surface area contributed by atoms with E-state index in [1.165, 1.54) is 18.7 Å². The van der Waals surface area contributed by atoms with Crippen LogP contribution in [-0.4, -0.2) is 37.1 Å². The molecule has 0 aromatic heterocycles. The fourth-order valence-electron chi connectivity index (χ4n) is 2.30. The molecule has 28 heavy (non-hydrogen) atoms. The maximum atomic E-state index is 11.9. The van der Waals surface area contributed by atoms with E-state index in [0.29, 0.717) is 23.5 Å². The van der Waals surface area contributed by atoms with Gasteiger partial charge in [0.25, 0.3) is 0 Å². The first kappa shape index (κ1) is 21.3. The van der Waals surface area contributed by atoms with Crippen molar-refractivity contribution in [1.29, 1.82) is 0 Å². The van der Waals surface area contributed by atoms with Crippen LogP contribution in [0.25, 0.3) is 0 Å². The molecule has 0 bridgehead atoms. The number of carbonyl (C=O) groups excluding carboxylic acids is 3. The number of thioether (sulfide) groups is 1. The van der Waals surface area contributed by atoms with Crippen molar-refractivity contribution in [2.24, 2.45) is 0 Å². The first-order valence-corrected chi connectivity index (χ1v) is 9.66. The second-order valence-corrected chi connectivity index (χ2v) is 6.97. The molecule has 3 N–H and O–H groups in total. The Kier molecular flexibility index (Phi) is 8.36. The van der Waals surface area contributed by atoms with Crippen LogP contribution in [0.3, 0.4) is 0 Å². The van der Waals surface area contributed by atoms with Crippen LogP contribution in [0.15, 0.2) is 53.4 Å². The van der Waals surface area contributed by atoms with E-state index < -0.39 is 0 Å². The van der Waals surface area contributed by atoms with Gasteiger partial charge in [-0.1, -0.05) is 12.1 Å². The number of ether oxygens (including phenoxy) is 1. The van der Waals surface area contributed by atoms with Crippen molar-refractivity contribution >= 4 is 40.9 Å². The zero-order chi connectivity index (χ0) is 20.4. The van der Waals surface area contributed by atoms with Crippen LogP contribution in [0.1, 0.15) is 13.3 Å². The molecule has 2 rings (SSSR count). The van der Waals surface area contributed by atoms with E-state index in [4.69, 9.17) is 4.74 Å². The van der Waals surface area contributed by atoms with E-state index in [1.54, 1.807) is 31.4 Å². The molecule has 0 saturated carbocycles. The number of benzene rings is 2. The molecule has 0 spiro atoms. The summed E-state index contributed by atoms with van der Waals surface area (Å²) in [7, 11) is 1.61. The Morgan fingerprint density at radius 1 is 0.929 bits per heavy atom. The van der Waals surface area contributed by atoms with Crippen molar-refractivity contribution in [3.8, 4) is 5.75 Å². The van der Waals surface area contributed by atoms with Gasteiger partial charge in [-0.15, -0.1) is 11.8 Å². The Balaban J connectivity index is 1.69. The van der Waals surface area contributed by atoms with Crippen molar-refractivity contribution in [2.75, 3.05) is 30.0 Å². The second kappa shape index (κ2) is 11.0. The highest BCUT2D eigenvalue weighted by Gasteiger charge is 2.08. The van der Waals surface area contributed by atoms with Gasteiger partial charge in [-0.25, -0.2) is 0 Å². The fourth-order valence-corrected chi connectivity index (χ4v) is 3.28. The predicted octanol–water partition coefficient (Wildman–Crippen LogP) is 2.89. The maximum Gasteiger partial charge on any atom is 0.243 e. The third kappa shape index (κ3) is 7.32. The molecule has 2 aromatic carbocycles. The molecule has 0 aliphatic heterocycles. The molecular formula is C20H23N3O4S. The minimum Gasteiger partial charge on any atom is -0.496 e. The molecule has 0 radical (unpaired) electrons. The number of hydrogen-bond acceptors (Lipinski definition) is 5. The zero-order valence-corrected chi connectivity index (χ0v) is 16.6. The summed E-state index contributed by atoms with van der Waals surface area (Å²) in [6.45, 7) is 1.32. The van der Waals surface area contributed by atoms with E-state index in [2.05, 4.69) is 16.0 Å². The van der Waals surface area contributed by atoms with E-state index >= 15 is 0 Å². The van der Waals surface area contributed by atoms with Crippen LogP contribution in [0.5, 0.6) is 5.75 Å². The molecule has 0 heterocycles. The van der Waals surface area contributed by atoms with Crippen LogP contribution in [0, 0.1) is 0 Å². The van der Waals surface area contributed by atoms with Gasteiger partial charge in [-0.2, -0.15) is 0 Å². The molecule has 8 heteroatoms. The third-order valence-corrected chi connectivity index (χ3v) is 4.65. The normalized spacial score (nSPS) is 10.1. The third-order valence-electron chi connectivity index (χ3n) is 3.59. The zero-order valence-electron chi connectivity index (χ0n) is 15.8. The summed E-state index contributed by atoms with van der Waals surface area (Å²) in [6, 6.07) is 14.3. The standard InChI is InChI=1S/C20H23N3O4S/c1-14(24)22-15-7-9-16(10-8-15)23-20(26)13-21-19(25)11-12-28-18-6-4-3-5-17(18)27-2/h3-10H,11-13H2,1-2H3,(H,21,25)(H,22,24)(H,23,26). The number of rotatable bonds is 9. The highest BCUT2D eigenvalue weighted by atomic mass is 32.2. The lowest BCUT2D eigenvalue weighted by Gasteiger charge is -2.09. The molecule has 0 atom stereocenters. The molecule has 0 aliphatic carbocycles. The summed E-state index contributed by atoms with van der Waals surface area (Å²) < 4.78 is 5.27. The summed E-state index contributed by atoms with van der Waals surface area (Å²) in [4.78, 5) is 35.8. The second-order valence-electron chi connectivity index (χ2n) is 5.83. The summed E-state index contributed by atoms with van der Waals surface area (Å²) in [5.41, 5.74) is 1.23. The molecule has 148 valence electrons. The molecular weight excluding hydrogens is 378 g/mol. The molecule has 0 fully saturated rings. The number of nitrogens with one attached hydrogen (secondary N) is 3. The van der Waals surface area contributed by atoms with Crippen molar-refractivity contribution in [2.45, 2.75) is 18.2 Å². The van der Waals surface area contributed by atoms with Crippen LogP contribution in [0.4, 0.5) is 11.4 Å². The minimum absolute atomic E-state index is 0.106. The predicted molar refractivity (Wildman–Crippen MR) is 111 cm³/mol. The van der Waals surface area contributed by atoms with Gasteiger partial charge in [0, 0.05) is 35.4 Å². The molecule has 3 amide bonds. The lowest BCUT2D eigenvalue weighted by atomic mass is 10.2. The largest absolute Gasteiger partial charge is 0.496 e. The van der Waals surface area contributed by atoms with Crippen LogP contribution >= 0.6 is 11.8 Å². The molecule has 0 aliphatic rings. The van der Waals surface area contributed by atoms with Crippen molar-refractivity contribution in [3.63, 3.8) is 0 Å². The Morgan fingerprint density at radius 2 is 1.57 bits per heavy atom. The quantitative estimate of drug-likeness (QED) is 0.562. The van der Waals surface area contributed by atoms with Gasteiger partial charge in [0.05, 0.1) is 13.7 Å². The first-order valence-electron chi connectivity index (χ1n) is 8.68. The van der Waals surface area contributed by atoms with Gasteiger partial charge in [-0.3, -0.25) is 14.4 Å².